The molecule has 7 nitrogen and oxygen atoms in total. The number of fused-ring (bicyclic) bond motifs is 1. The van der Waals surface area contributed by atoms with Gasteiger partial charge in [-0.2, -0.15) is 10.5 Å². The lowest BCUT2D eigenvalue weighted by Crippen LogP contribution is -2.40. The maximum atomic E-state index is 12.7. The third-order valence-electron chi connectivity index (χ3n) is 5.32. The van der Waals surface area contributed by atoms with Gasteiger partial charge in [-0.1, -0.05) is 17.7 Å². The first-order chi connectivity index (χ1) is 14.5. The molecule has 0 amide bonds. The van der Waals surface area contributed by atoms with Gasteiger partial charge in [-0.25, -0.2) is 4.98 Å². The van der Waals surface area contributed by atoms with Crippen molar-refractivity contribution in [1.29, 1.82) is 10.5 Å². The lowest BCUT2D eigenvalue weighted by molar-refractivity contribution is 0.171. The smallest absolute Gasteiger partial charge is 0.270 e. The molecule has 1 aliphatic rings. The molecule has 0 radical (unpaired) electrons. The summed E-state index contributed by atoms with van der Waals surface area (Å²) in [4.78, 5) is 19.2. The number of rotatable bonds is 3. The van der Waals surface area contributed by atoms with Crippen LogP contribution in [0.5, 0.6) is 5.75 Å². The minimum Gasteiger partial charge on any atom is -0.490 e. The number of pyridine rings is 2. The van der Waals surface area contributed by atoms with Gasteiger partial charge in [-0.15, -0.1) is 0 Å². The van der Waals surface area contributed by atoms with Gasteiger partial charge < -0.3 is 14.2 Å². The molecule has 1 aliphatic heterocycles. The molecule has 0 aliphatic carbocycles. The second-order valence-corrected chi connectivity index (χ2v) is 7.53. The van der Waals surface area contributed by atoms with Crippen LogP contribution >= 0.6 is 11.6 Å². The lowest BCUT2D eigenvalue weighted by atomic mass is 10.0. The van der Waals surface area contributed by atoms with Gasteiger partial charge in [0.25, 0.3) is 5.56 Å². The van der Waals surface area contributed by atoms with Crippen molar-refractivity contribution in [3.8, 4) is 17.9 Å². The first kappa shape index (κ1) is 19.8. The number of aryl methyl sites for hydroxylation is 1. The van der Waals surface area contributed by atoms with Gasteiger partial charge in [0.05, 0.1) is 22.8 Å². The Bertz CT molecular complexity index is 1260. The van der Waals surface area contributed by atoms with E-state index in [1.54, 1.807) is 37.4 Å². The van der Waals surface area contributed by atoms with E-state index in [-0.39, 0.29) is 17.2 Å². The average molecular weight is 420 g/mol. The minimum atomic E-state index is -0.351. The summed E-state index contributed by atoms with van der Waals surface area (Å²) in [5.74, 6) is 0.665. The van der Waals surface area contributed by atoms with Gasteiger partial charge in [0.2, 0.25) is 0 Å². The topological polar surface area (TPSA) is 94.9 Å². The Hall–Kier alpha value is -3.55. The van der Waals surface area contributed by atoms with Gasteiger partial charge >= 0.3 is 0 Å². The number of nitrogens with zero attached hydrogens (tertiary/aromatic N) is 5. The molecule has 3 aromatic rings. The van der Waals surface area contributed by atoms with Crippen LogP contribution in [0, 0.1) is 22.7 Å². The van der Waals surface area contributed by atoms with E-state index in [1.807, 2.05) is 11.0 Å². The van der Waals surface area contributed by atoms with Gasteiger partial charge in [0.15, 0.2) is 0 Å². The summed E-state index contributed by atoms with van der Waals surface area (Å²) >= 11 is 6.11. The fourth-order valence-corrected chi connectivity index (χ4v) is 3.95. The van der Waals surface area contributed by atoms with E-state index in [2.05, 4.69) is 17.1 Å². The predicted molar refractivity (Wildman–Crippen MR) is 114 cm³/mol. The van der Waals surface area contributed by atoms with Crippen molar-refractivity contribution in [2.45, 2.75) is 18.9 Å². The van der Waals surface area contributed by atoms with Crippen LogP contribution < -0.4 is 15.2 Å². The van der Waals surface area contributed by atoms with Crippen molar-refractivity contribution in [1.82, 2.24) is 9.55 Å². The van der Waals surface area contributed by atoms with Gasteiger partial charge in [0, 0.05) is 33.0 Å². The van der Waals surface area contributed by atoms with E-state index in [0.717, 1.165) is 0 Å². The highest BCUT2D eigenvalue weighted by molar-refractivity contribution is 6.29. The molecule has 150 valence electrons. The third-order valence-corrected chi connectivity index (χ3v) is 5.53. The highest BCUT2D eigenvalue weighted by atomic mass is 35.5. The Kier molecular flexibility index (Phi) is 5.31. The number of aromatic nitrogens is 2. The van der Waals surface area contributed by atoms with Crippen molar-refractivity contribution >= 4 is 28.3 Å². The Morgan fingerprint density at radius 1 is 1.17 bits per heavy atom. The molecule has 1 saturated heterocycles. The van der Waals surface area contributed by atoms with Crippen LogP contribution in [-0.4, -0.2) is 28.7 Å². The summed E-state index contributed by atoms with van der Waals surface area (Å²) in [5, 5.41) is 19.0. The van der Waals surface area contributed by atoms with Crippen LogP contribution in [0.2, 0.25) is 5.15 Å². The molecule has 30 heavy (non-hydrogen) atoms. The standard InChI is InChI=1S/C22H18ClN5O2/c1-27-18-5-6-19(23)26-20(18)21(17(13-25)22(27)29)28-9-7-15(8-10-28)30-16-4-2-3-14(11-16)12-24/h2-6,11,15H,7-10H2,1H3. The van der Waals surface area contributed by atoms with Gasteiger partial charge in [0.1, 0.15) is 34.2 Å². The summed E-state index contributed by atoms with van der Waals surface area (Å²) in [6, 6.07) is 14.6. The van der Waals surface area contributed by atoms with Crippen LogP contribution in [0.25, 0.3) is 11.0 Å². The maximum Gasteiger partial charge on any atom is 0.270 e. The monoisotopic (exact) mass is 419 g/mol. The third kappa shape index (κ3) is 3.56. The lowest BCUT2D eigenvalue weighted by Gasteiger charge is -2.34. The Morgan fingerprint density at radius 3 is 2.63 bits per heavy atom. The fraction of sp³-hybridized carbons (Fsp3) is 0.273. The molecule has 4 rings (SSSR count). The van der Waals surface area contributed by atoms with Crippen molar-refractivity contribution in [3.05, 3.63) is 63.0 Å². The largest absolute Gasteiger partial charge is 0.490 e. The molecule has 0 atom stereocenters. The average Bonchev–Trinajstić information content (AvgIpc) is 2.77. The predicted octanol–water partition coefficient (Wildman–Crippen LogP) is 3.38. The van der Waals surface area contributed by atoms with Crippen molar-refractivity contribution in [2.24, 2.45) is 7.05 Å². The quantitative estimate of drug-likeness (QED) is 0.604. The van der Waals surface area contributed by atoms with E-state index in [9.17, 15) is 10.1 Å². The van der Waals surface area contributed by atoms with Crippen molar-refractivity contribution < 1.29 is 4.74 Å². The molecular formula is C22H18ClN5O2. The van der Waals surface area contributed by atoms with Crippen molar-refractivity contribution in [2.75, 3.05) is 18.0 Å². The van der Waals surface area contributed by atoms with Crippen LogP contribution in [0.4, 0.5) is 5.69 Å². The van der Waals surface area contributed by atoms with Gasteiger partial charge in [-0.3, -0.25) is 4.79 Å². The molecule has 1 fully saturated rings. The van der Waals surface area contributed by atoms with Gasteiger partial charge in [-0.05, 0) is 30.3 Å². The zero-order chi connectivity index (χ0) is 21.3. The molecular weight excluding hydrogens is 402 g/mol. The number of halogens is 1. The normalized spacial score (nSPS) is 14.3. The number of ether oxygens (including phenoxy) is 1. The first-order valence-corrected chi connectivity index (χ1v) is 9.90. The Balaban J connectivity index is 1.63. The first-order valence-electron chi connectivity index (χ1n) is 9.53. The Morgan fingerprint density at radius 2 is 1.93 bits per heavy atom. The highest BCUT2D eigenvalue weighted by Gasteiger charge is 2.27. The SMILES string of the molecule is Cn1c(=O)c(C#N)c(N2CCC(Oc3cccc(C#N)c3)CC2)c2nc(Cl)ccc21. The molecule has 0 saturated carbocycles. The van der Waals surface area contributed by atoms with Crippen molar-refractivity contribution in [3.63, 3.8) is 0 Å². The summed E-state index contributed by atoms with van der Waals surface area (Å²) in [7, 11) is 1.63. The number of piperidine rings is 1. The number of hydrogen-bond acceptors (Lipinski definition) is 6. The number of nitriles is 2. The zero-order valence-electron chi connectivity index (χ0n) is 16.3. The summed E-state index contributed by atoms with van der Waals surface area (Å²) < 4.78 is 7.47. The maximum absolute atomic E-state index is 12.7. The zero-order valence-corrected chi connectivity index (χ0v) is 17.1. The second kappa shape index (κ2) is 8.06. The summed E-state index contributed by atoms with van der Waals surface area (Å²) in [5.41, 5.74) is 1.98. The number of hydrogen-bond donors (Lipinski definition) is 0. The summed E-state index contributed by atoms with van der Waals surface area (Å²) in [6.45, 7) is 1.21. The summed E-state index contributed by atoms with van der Waals surface area (Å²) in [6.07, 6.45) is 1.40. The molecule has 2 aromatic heterocycles. The molecule has 3 heterocycles. The van der Waals surface area contributed by atoms with Crippen LogP contribution in [0.3, 0.4) is 0 Å². The second-order valence-electron chi connectivity index (χ2n) is 7.15. The molecule has 0 unspecified atom stereocenters. The fourth-order valence-electron chi connectivity index (χ4n) is 3.81. The van der Waals surface area contributed by atoms with E-state index in [0.29, 0.717) is 59.1 Å². The van der Waals surface area contributed by atoms with E-state index >= 15 is 0 Å². The molecule has 0 spiro atoms. The Labute approximate surface area is 178 Å². The van der Waals surface area contributed by atoms with Crippen LogP contribution in [-0.2, 0) is 7.05 Å². The number of benzene rings is 1. The van der Waals surface area contributed by atoms with E-state index in [4.69, 9.17) is 21.6 Å². The highest BCUT2D eigenvalue weighted by Crippen LogP contribution is 2.31. The van der Waals surface area contributed by atoms with Crippen LogP contribution in [0.1, 0.15) is 24.0 Å². The van der Waals surface area contributed by atoms with E-state index < -0.39 is 0 Å². The molecule has 0 N–H and O–H groups in total. The minimum absolute atomic E-state index is 0.0184. The molecule has 0 bridgehead atoms. The van der Waals surface area contributed by atoms with E-state index in [1.165, 1.54) is 4.57 Å². The number of anilines is 1. The molecule has 8 heteroatoms. The van der Waals surface area contributed by atoms with Crippen LogP contribution in [0.15, 0.2) is 41.2 Å². The molecule has 1 aromatic carbocycles.